The predicted octanol–water partition coefficient (Wildman–Crippen LogP) is 3.09. The zero-order valence-electron chi connectivity index (χ0n) is 13.7. The second kappa shape index (κ2) is 7.15. The van der Waals surface area contributed by atoms with Gasteiger partial charge < -0.3 is 10.0 Å². The van der Waals surface area contributed by atoms with Crippen molar-refractivity contribution >= 4 is 23.5 Å². The Labute approximate surface area is 156 Å². The maximum absolute atomic E-state index is 12.6. The molecule has 0 radical (unpaired) electrons. The topological polar surface area (TPSA) is 83.4 Å². The first kappa shape index (κ1) is 19.1. The molecule has 6 nitrogen and oxygen atoms in total. The lowest BCUT2D eigenvalue weighted by Gasteiger charge is -2.16. The number of nitrogens with zero attached hydrogens (tertiary/aromatic N) is 3. The summed E-state index contributed by atoms with van der Waals surface area (Å²) in [5, 5.41) is 9.98. The standard InChI is InChI=1S/C17H13ClF3N3O3/c18-11-3-1-9(2-4-11)12-7-24(8-13(12)15(26)27)14(25)10-5-22-16(23-6-10)17(19,20)21/h1-6,12-13H,7-8H2,(H,26,27)/t12-,13+/m0/s1. The second-order valence-electron chi connectivity index (χ2n) is 6.11. The molecule has 0 bridgehead atoms. The molecule has 1 aromatic carbocycles. The number of carbonyl (C=O) groups is 2. The van der Waals surface area contributed by atoms with Gasteiger partial charge in [0.1, 0.15) is 0 Å². The minimum atomic E-state index is -4.71. The van der Waals surface area contributed by atoms with Gasteiger partial charge in [-0.2, -0.15) is 13.2 Å². The Morgan fingerprint density at radius 2 is 1.70 bits per heavy atom. The van der Waals surface area contributed by atoms with E-state index in [1.807, 2.05) is 0 Å². The first-order valence-electron chi connectivity index (χ1n) is 7.83. The fourth-order valence-electron chi connectivity index (χ4n) is 3.04. The number of benzene rings is 1. The minimum Gasteiger partial charge on any atom is -0.481 e. The molecule has 1 amide bonds. The summed E-state index contributed by atoms with van der Waals surface area (Å²) in [6.07, 6.45) is -3.11. The third-order valence-electron chi connectivity index (χ3n) is 4.37. The van der Waals surface area contributed by atoms with Crippen LogP contribution in [0.2, 0.25) is 5.02 Å². The largest absolute Gasteiger partial charge is 0.481 e. The Balaban J connectivity index is 1.81. The van der Waals surface area contributed by atoms with Crippen LogP contribution < -0.4 is 0 Å². The van der Waals surface area contributed by atoms with Crippen molar-refractivity contribution in [3.8, 4) is 0 Å². The number of aromatic nitrogens is 2. The van der Waals surface area contributed by atoms with Crippen molar-refractivity contribution in [3.05, 3.63) is 58.6 Å². The van der Waals surface area contributed by atoms with E-state index >= 15 is 0 Å². The third kappa shape index (κ3) is 4.02. The van der Waals surface area contributed by atoms with Crippen LogP contribution in [0.4, 0.5) is 13.2 Å². The van der Waals surface area contributed by atoms with Gasteiger partial charge in [0.2, 0.25) is 5.82 Å². The molecule has 1 aliphatic rings. The fourth-order valence-corrected chi connectivity index (χ4v) is 3.16. The lowest BCUT2D eigenvalue weighted by atomic mass is 9.89. The van der Waals surface area contributed by atoms with Gasteiger partial charge >= 0.3 is 12.1 Å². The van der Waals surface area contributed by atoms with Gasteiger partial charge in [-0.05, 0) is 17.7 Å². The van der Waals surface area contributed by atoms with Crippen LogP contribution in [0.15, 0.2) is 36.7 Å². The summed E-state index contributed by atoms with van der Waals surface area (Å²) in [6, 6.07) is 6.64. The average molecular weight is 400 g/mol. The Morgan fingerprint density at radius 1 is 1.11 bits per heavy atom. The number of rotatable bonds is 3. The van der Waals surface area contributed by atoms with Crippen LogP contribution in [0.1, 0.15) is 27.7 Å². The van der Waals surface area contributed by atoms with Crippen molar-refractivity contribution in [2.24, 2.45) is 5.92 Å². The summed E-state index contributed by atoms with van der Waals surface area (Å²) in [7, 11) is 0. The van der Waals surface area contributed by atoms with Crippen LogP contribution in [-0.4, -0.2) is 44.9 Å². The van der Waals surface area contributed by atoms with Crippen molar-refractivity contribution in [1.82, 2.24) is 14.9 Å². The van der Waals surface area contributed by atoms with E-state index in [4.69, 9.17) is 11.6 Å². The number of carboxylic acid groups (broad SMARTS) is 1. The van der Waals surface area contributed by atoms with Gasteiger partial charge in [-0.15, -0.1) is 0 Å². The van der Waals surface area contributed by atoms with E-state index < -0.39 is 35.7 Å². The van der Waals surface area contributed by atoms with E-state index in [-0.39, 0.29) is 18.7 Å². The number of likely N-dealkylation sites (tertiary alicyclic amines) is 1. The number of carbonyl (C=O) groups excluding carboxylic acids is 1. The van der Waals surface area contributed by atoms with Crippen LogP contribution in [0.3, 0.4) is 0 Å². The number of aliphatic carboxylic acids is 1. The number of alkyl halides is 3. The second-order valence-corrected chi connectivity index (χ2v) is 6.54. The highest BCUT2D eigenvalue weighted by Crippen LogP contribution is 2.34. The molecule has 0 spiro atoms. The summed E-state index contributed by atoms with van der Waals surface area (Å²) in [4.78, 5) is 31.8. The highest BCUT2D eigenvalue weighted by atomic mass is 35.5. The maximum Gasteiger partial charge on any atom is 0.451 e. The predicted molar refractivity (Wildman–Crippen MR) is 88.3 cm³/mol. The van der Waals surface area contributed by atoms with E-state index in [1.165, 1.54) is 4.90 Å². The van der Waals surface area contributed by atoms with Gasteiger partial charge in [0.15, 0.2) is 0 Å². The third-order valence-corrected chi connectivity index (χ3v) is 4.63. The molecule has 0 aliphatic carbocycles. The van der Waals surface area contributed by atoms with Crippen molar-refractivity contribution < 1.29 is 27.9 Å². The molecular weight excluding hydrogens is 387 g/mol. The molecule has 10 heteroatoms. The van der Waals surface area contributed by atoms with Crippen LogP contribution in [0, 0.1) is 5.92 Å². The summed E-state index contributed by atoms with van der Waals surface area (Å²) in [5.41, 5.74) is 0.578. The van der Waals surface area contributed by atoms with Crippen LogP contribution in [-0.2, 0) is 11.0 Å². The Morgan fingerprint density at radius 3 is 2.22 bits per heavy atom. The van der Waals surface area contributed by atoms with Crippen LogP contribution in [0.5, 0.6) is 0 Å². The summed E-state index contributed by atoms with van der Waals surface area (Å²) in [5.74, 6) is -4.33. The van der Waals surface area contributed by atoms with Gasteiger partial charge in [-0.3, -0.25) is 9.59 Å². The molecule has 1 aromatic heterocycles. The maximum atomic E-state index is 12.6. The van der Waals surface area contributed by atoms with E-state index in [0.29, 0.717) is 10.6 Å². The summed E-state index contributed by atoms with van der Waals surface area (Å²) >= 11 is 5.85. The SMILES string of the molecule is O=C(O)[C@@H]1CN(C(=O)c2cnc(C(F)(F)F)nc2)C[C@H]1c1ccc(Cl)cc1. The first-order valence-corrected chi connectivity index (χ1v) is 8.21. The molecule has 2 aromatic rings. The quantitative estimate of drug-likeness (QED) is 0.857. The number of halogens is 4. The normalized spacial score (nSPS) is 19.9. The zero-order chi connectivity index (χ0) is 19.8. The average Bonchev–Trinajstić information content (AvgIpc) is 3.07. The molecule has 2 atom stereocenters. The van der Waals surface area contributed by atoms with Gasteiger partial charge in [0.25, 0.3) is 5.91 Å². The number of amides is 1. The molecule has 0 saturated carbocycles. The molecule has 0 unspecified atom stereocenters. The Hall–Kier alpha value is -2.68. The Bertz CT molecular complexity index is 856. The lowest BCUT2D eigenvalue weighted by Crippen LogP contribution is -2.30. The molecule has 1 N–H and O–H groups in total. The molecule has 2 heterocycles. The molecule has 1 fully saturated rings. The van der Waals surface area contributed by atoms with Gasteiger partial charge in [0.05, 0.1) is 11.5 Å². The number of carboxylic acids is 1. The van der Waals surface area contributed by atoms with Gasteiger partial charge in [-0.25, -0.2) is 9.97 Å². The first-order chi connectivity index (χ1) is 12.7. The minimum absolute atomic E-state index is 0.0670. The molecule has 142 valence electrons. The number of hydrogen-bond acceptors (Lipinski definition) is 4. The molecule has 1 aliphatic heterocycles. The highest BCUT2D eigenvalue weighted by molar-refractivity contribution is 6.30. The molecule has 3 rings (SSSR count). The zero-order valence-corrected chi connectivity index (χ0v) is 14.4. The van der Waals surface area contributed by atoms with Gasteiger partial charge in [0, 0.05) is 36.4 Å². The fraction of sp³-hybridized carbons (Fsp3) is 0.294. The smallest absolute Gasteiger partial charge is 0.451 e. The molecule has 1 saturated heterocycles. The summed E-state index contributed by atoms with van der Waals surface area (Å²) in [6.45, 7) is 0.0426. The number of hydrogen-bond donors (Lipinski definition) is 1. The monoisotopic (exact) mass is 399 g/mol. The van der Waals surface area contributed by atoms with Crippen LogP contribution >= 0.6 is 11.6 Å². The van der Waals surface area contributed by atoms with Crippen molar-refractivity contribution in [2.75, 3.05) is 13.1 Å². The van der Waals surface area contributed by atoms with E-state index in [9.17, 15) is 27.9 Å². The van der Waals surface area contributed by atoms with E-state index in [0.717, 1.165) is 12.4 Å². The van der Waals surface area contributed by atoms with E-state index in [2.05, 4.69) is 9.97 Å². The van der Waals surface area contributed by atoms with E-state index in [1.54, 1.807) is 24.3 Å². The molecule has 27 heavy (non-hydrogen) atoms. The lowest BCUT2D eigenvalue weighted by molar-refractivity contribution is -0.145. The Kier molecular flexibility index (Phi) is 5.05. The van der Waals surface area contributed by atoms with Crippen molar-refractivity contribution in [1.29, 1.82) is 0 Å². The van der Waals surface area contributed by atoms with Crippen LogP contribution in [0.25, 0.3) is 0 Å². The molecular formula is C17H13ClF3N3O3. The van der Waals surface area contributed by atoms with Crippen molar-refractivity contribution in [3.63, 3.8) is 0 Å². The van der Waals surface area contributed by atoms with Gasteiger partial charge in [-0.1, -0.05) is 23.7 Å². The highest BCUT2D eigenvalue weighted by Gasteiger charge is 2.41. The summed E-state index contributed by atoms with van der Waals surface area (Å²) < 4.78 is 37.6. The van der Waals surface area contributed by atoms with Crippen molar-refractivity contribution in [2.45, 2.75) is 12.1 Å².